The van der Waals surface area contributed by atoms with Crippen LogP contribution < -0.4 is 20.7 Å². The zero-order valence-electron chi connectivity index (χ0n) is 13.8. The topological polar surface area (TPSA) is 119 Å². The van der Waals surface area contributed by atoms with E-state index in [4.69, 9.17) is 13.0 Å². The number of pyridine rings is 1. The van der Waals surface area contributed by atoms with Crippen LogP contribution in [-0.4, -0.2) is 42.1 Å². The number of nitrogens with zero attached hydrogens (tertiary/aromatic N) is 3. The minimum atomic E-state index is -6.09. The SMILES string of the molecule is CN(C)c1cc[n+](-c2cc(=O)n(C)c(=O)[nH]2)cc1.O=S(=O)([O-])C(F)(F)F. The Morgan fingerprint density at radius 3 is 2.00 bits per heavy atom. The van der Waals surface area contributed by atoms with Crippen molar-refractivity contribution in [3.8, 4) is 5.82 Å². The number of hydrogen-bond donors (Lipinski definition) is 1. The molecule has 0 fully saturated rings. The lowest BCUT2D eigenvalue weighted by Gasteiger charge is -2.11. The normalized spacial score (nSPS) is 11.5. The molecule has 0 aliphatic rings. The van der Waals surface area contributed by atoms with Gasteiger partial charge in [-0.05, 0) is 0 Å². The first-order valence-electron chi connectivity index (χ1n) is 6.75. The predicted molar refractivity (Wildman–Crippen MR) is 83.9 cm³/mol. The van der Waals surface area contributed by atoms with Gasteiger partial charge in [0.05, 0.1) is 18.5 Å². The molecule has 0 radical (unpaired) electrons. The third kappa shape index (κ3) is 5.42. The quantitative estimate of drug-likeness (QED) is 0.414. The minimum absolute atomic E-state index is 0.335. The van der Waals surface area contributed by atoms with Crippen molar-refractivity contribution in [1.29, 1.82) is 0 Å². The van der Waals surface area contributed by atoms with Gasteiger partial charge in [-0.15, -0.1) is 0 Å². The van der Waals surface area contributed by atoms with E-state index in [-0.39, 0.29) is 5.56 Å². The molecule has 0 aromatic carbocycles. The van der Waals surface area contributed by atoms with Crippen molar-refractivity contribution in [3.63, 3.8) is 0 Å². The maximum absolute atomic E-state index is 11.5. The Bertz CT molecular complexity index is 947. The van der Waals surface area contributed by atoms with Crippen LogP contribution in [0.1, 0.15) is 0 Å². The molecule has 0 spiro atoms. The summed E-state index contributed by atoms with van der Waals surface area (Å²) in [5.41, 5.74) is -5.37. The number of halogens is 3. The summed E-state index contributed by atoms with van der Waals surface area (Å²) in [7, 11) is -0.766. The third-order valence-corrected chi connectivity index (χ3v) is 3.59. The van der Waals surface area contributed by atoms with Gasteiger partial charge < -0.3 is 9.45 Å². The first-order chi connectivity index (χ1) is 11.7. The van der Waals surface area contributed by atoms with Crippen LogP contribution in [0.2, 0.25) is 0 Å². The monoisotopic (exact) mass is 396 g/mol. The Hall–Kier alpha value is -2.67. The summed E-state index contributed by atoms with van der Waals surface area (Å²) in [6.45, 7) is 0. The predicted octanol–water partition coefficient (Wildman–Crippen LogP) is -0.532. The first-order valence-corrected chi connectivity index (χ1v) is 8.16. The van der Waals surface area contributed by atoms with E-state index >= 15 is 0 Å². The highest BCUT2D eigenvalue weighted by atomic mass is 32.2. The molecular formula is C13H15F3N4O5S. The Labute approximate surface area is 145 Å². The molecule has 1 N–H and O–H groups in total. The van der Waals surface area contributed by atoms with Crippen molar-refractivity contribution < 1.29 is 30.7 Å². The van der Waals surface area contributed by atoms with E-state index < -0.39 is 21.3 Å². The smallest absolute Gasteiger partial charge is 0.485 e. The Morgan fingerprint density at radius 1 is 1.19 bits per heavy atom. The van der Waals surface area contributed by atoms with Crippen LogP contribution in [0.25, 0.3) is 5.82 Å². The Morgan fingerprint density at radius 2 is 1.65 bits per heavy atom. The number of aromatic amines is 1. The first kappa shape index (κ1) is 21.4. The van der Waals surface area contributed by atoms with Crippen molar-refractivity contribution in [2.24, 2.45) is 7.05 Å². The number of hydrogen-bond acceptors (Lipinski definition) is 6. The molecule has 0 saturated carbocycles. The molecule has 0 unspecified atom stereocenters. The summed E-state index contributed by atoms with van der Waals surface area (Å²) in [5.74, 6) is 0.452. The molecule has 0 aliphatic heterocycles. The van der Waals surface area contributed by atoms with Gasteiger partial charge in [-0.25, -0.2) is 22.3 Å². The number of anilines is 1. The summed E-state index contributed by atoms with van der Waals surface area (Å²) in [6.07, 6.45) is 3.58. The summed E-state index contributed by atoms with van der Waals surface area (Å²) < 4.78 is 61.6. The molecule has 0 atom stereocenters. The summed E-state index contributed by atoms with van der Waals surface area (Å²) in [4.78, 5) is 27.6. The van der Waals surface area contributed by atoms with Crippen LogP contribution in [0.3, 0.4) is 0 Å². The van der Waals surface area contributed by atoms with Gasteiger partial charge in [0.1, 0.15) is 0 Å². The summed E-state index contributed by atoms with van der Waals surface area (Å²) in [5, 5.41) is 0. The molecule has 2 aromatic heterocycles. The average molecular weight is 396 g/mol. The van der Waals surface area contributed by atoms with Crippen LogP contribution in [-0.2, 0) is 17.2 Å². The fourth-order valence-electron chi connectivity index (χ4n) is 1.56. The van der Waals surface area contributed by atoms with Gasteiger partial charge in [0.25, 0.3) is 11.4 Å². The lowest BCUT2D eigenvalue weighted by atomic mass is 10.4. The van der Waals surface area contributed by atoms with Gasteiger partial charge in [-0.1, -0.05) is 0 Å². The molecule has 9 nitrogen and oxygen atoms in total. The lowest BCUT2D eigenvalue weighted by molar-refractivity contribution is -0.599. The van der Waals surface area contributed by atoms with Crippen LogP contribution in [0, 0.1) is 0 Å². The molecule has 0 bridgehead atoms. The van der Waals surface area contributed by atoms with Crippen molar-refractivity contribution >= 4 is 15.8 Å². The molecule has 13 heteroatoms. The van der Waals surface area contributed by atoms with E-state index in [1.54, 1.807) is 17.0 Å². The zero-order chi connectivity index (χ0) is 20.3. The Balaban J connectivity index is 0.000000359. The molecule has 2 heterocycles. The Kier molecular flexibility index (Phi) is 6.33. The van der Waals surface area contributed by atoms with E-state index in [1.807, 2.05) is 31.1 Å². The third-order valence-electron chi connectivity index (χ3n) is 3.02. The van der Waals surface area contributed by atoms with Gasteiger partial charge >= 0.3 is 11.2 Å². The summed E-state index contributed by atoms with van der Waals surface area (Å²) >= 11 is 0. The highest BCUT2D eigenvalue weighted by Gasteiger charge is 2.36. The van der Waals surface area contributed by atoms with Crippen LogP contribution in [0.15, 0.2) is 40.2 Å². The molecule has 26 heavy (non-hydrogen) atoms. The summed E-state index contributed by atoms with van der Waals surface area (Å²) in [6, 6.07) is 5.18. The second kappa shape index (κ2) is 7.70. The highest BCUT2D eigenvalue weighted by molar-refractivity contribution is 7.86. The van der Waals surface area contributed by atoms with Crippen LogP contribution in [0.5, 0.6) is 0 Å². The fourth-order valence-corrected chi connectivity index (χ4v) is 1.56. The van der Waals surface area contributed by atoms with Crippen LogP contribution >= 0.6 is 0 Å². The largest absolute Gasteiger partial charge is 0.741 e. The van der Waals surface area contributed by atoms with E-state index in [0.29, 0.717) is 5.82 Å². The van der Waals surface area contributed by atoms with Crippen molar-refractivity contribution in [3.05, 3.63) is 51.4 Å². The molecule has 0 saturated heterocycles. The maximum atomic E-state index is 11.5. The van der Waals surface area contributed by atoms with Gasteiger partial charge in [-0.3, -0.25) is 4.79 Å². The lowest BCUT2D eigenvalue weighted by Crippen LogP contribution is -2.40. The standard InChI is InChI=1S/C12H14N4O2.CHF3O3S/c1-14(2)9-4-6-16(7-5-9)10-8-11(17)15(3)12(18)13-10;2-1(3,4)8(5,6)7/h4-8H,1-3H3;(H,5,6,7). The van der Waals surface area contributed by atoms with E-state index in [0.717, 1.165) is 10.3 Å². The number of alkyl halides is 3. The molecule has 2 rings (SSSR count). The second-order valence-corrected chi connectivity index (χ2v) is 6.49. The number of H-pyrrole nitrogens is 1. The van der Waals surface area contributed by atoms with Crippen molar-refractivity contribution in [2.75, 3.05) is 19.0 Å². The van der Waals surface area contributed by atoms with Gasteiger partial charge in [0, 0.05) is 39.0 Å². The average Bonchev–Trinajstić information content (AvgIpc) is 2.51. The van der Waals surface area contributed by atoms with Crippen LogP contribution in [0.4, 0.5) is 18.9 Å². The zero-order valence-corrected chi connectivity index (χ0v) is 14.6. The van der Waals surface area contributed by atoms with E-state index in [1.165, 1.54) is 13.1 Å². The molecule has 0 aliphatic carbocycles. The number of aromatic nitrogens is 3. The van der Waals surface area contributed by atoms with Gasteiger partial charge in [0.15, 0.2) is 10.1 Å². The maximum Gasteiger partial charge on any atom is 0.485 e. The van der Waals surface area contributed by atoms with E-state index in [9.17, 15) is 22.8 Å². The van der Waals surface area contributed by atoms with Gasteiger partial charge in [0.2, 0.25) is 0 Å². The van der Waals surface area contributed by atoms with E-state index in [2.05, 4.69) is 4.98 Å². The highest BCUT2D eigenvalue weighted by Crippen LogP contribution is 2.20. The minimum Gasteiger partial charge on any atom is -0.741 e. The fraction of sp³-hybridized carbons (Fsp3) is 0.308. The number of rotatable bonds is 2. The van der Waals surface area contributed by atoms with Crippen molar-refractivity contribution in [1.82, 2.24) is 9.55 Å². The van der Waals surface area contributed by atoms with Gasteiger partial charge in [-0.2, -0.15) is 18.2 Å². The molecule has 0 amide bonds. The molecular weight excluding hydrogens is 381 g/mol. The second-order valence-electron chi connectivity index (χ2n) is 5.11. The van der Waals surface area contributed by atoms with Crippen molar-refractivity contribution in [2.45, 2.75) is 5.51 Å². The molecule has 2 aromatic rings. The molecule has 144 valence electrons. The number of nitrogens with one attached hydrogen (secondary N) is 1.